The lowest BCUT2D eigenvalue weighted by Gasteiger charge is -2.16. The Morgan fingerprint density at radius 1 is 0.906 bits per heavy atom. The Labute approximate surface area is 189 Å². The predicted octanol–water partition coefficient (Wildman–Crippen LogP) is 2.85. The summed E-state index contributed by atoms with van der Waals surface area (Å²) < 4.78 is 18.2. The van der Waals surface area contributed by atoms with Crippen LogP contribution in [0.2, 0.25) is 0 Å². The van der Waals surface area contributed by atoms with Gasteiger partial charge in [0.1, 0.15) is 0 Å². The van der Waals surface area contributed by atoms with E-state index in [1.165, 1.54) is 5.56 Å². The standard InChI is InChI=1S/C24H31N5O3/c1-25-24(26-15-12-18-6-9-20(10-7-18)29-17-5-14-28-29)27-16-13-19-8-11-21(30-2)23(32-4)22(19)31-3/h5-11,14,17H,12-13,15-16H2,1-4H3,(H2,25,26,27). The lowest BCUT2D eigenvalue weighted by atomic mass is 10.1. The summed E-state index contributed by atoms with van der Waals surface area (Å²) >= 11 is 0. The number of benzene rings is 2. The molecule has 32 heavy (non-hydrogen) atoms. The highest BCUT2D eigenvalue weighted by atomic mass is 16.5. The van der Waals surface area contributed by atoms with E-state index in [9.17, 15) is 0 Å². The van der Waals surface area contributed by atoms with E-state index in [1.807, 2.05) is 29.1 Å². The molecule has 0 amide bonds. The maximum absolute atomic E-state index is 5.56. The van der Waals surface area contributed by atoms with Crippen LogP contribution in [0.1, 0.15) is 11.1 Å². The van der Waals surface area contributed by atoms with E-state index < -0.39 is 0 Å². The molecule has 8 nitrogen and oxygen atoms in total. The van der Waals surface area contributed by atoms with Crippen LogP contribution >= 0.6 is 0 Å². The van der Waals surface area contributed by atoms with E-state index in [-0.39, 0.29) is 0 Å². The quantitative estimate of drug-likeness (QED) is 0.375. The van der Waals surface area contributed by atoms with Gasteiger partial charge in [-0.2, -0.15) is 5.10 Å². The molecule has 170 valence electrons. The highest BCUT2D eigenvalue weighted by Crippen LogP contribution is 2.39. The number of nitrogens with one attached hydrogen (secondary N) is 2. The van der Waals surface area contributed by atoms with Crippen LogP contribution in [0.5, 0.6) is 17.2 Å². The number of aromatic nitrogens is 2. The Morgan fingerprint density at radius 2 is 1.62 bits per heavy atom. The van der Waals surface area contributed by atoms with Crippen molar-refractivity contribution in [3.63, 3.8) is 0 Å². The molecule has 3 rings (SSSR count). The lowest BCUT2D eigenvalue weighted by molar-refractivity contribution is 0.322. The number of methoxy groups -OCH3 is 3. The summed E-state index contributed by atoms with van der Waals surface area (Å²) in [6.45, 7) is 1.48. The van der Waals surface area contributed by atoms with Gasteiger partial charge in [-0.05, 0) is 42.7 Å². The van der Waals surface area contributed by atoms with Crippen LogP contribution in [0.25, 0.3) is 5.69 Å². The van der Waals surface area contributed by atoms with E-state index >= 15 is 0 Å². The van der Waals surface area contributed by atoms with E-state index in [1.54, 1.807) is 34.6 Å². The van der Waals surface area contributed by atoms with E-state index in [0.29, 0.717) is 23.8 Å². The van der Waals surface area contributed by atoms with Crippen LogP contribution in [0, 0.1) is 0 Å². The van der Waals surface area contributed by atoms with Gasteiger partial charge in [0.05, 0.1) is 27.0 Å². The first-order valence-corrected chi connectivity index (χ1v) is 10.5. The molecule has 0 spiro atoms. The fraction of sp³-hybridized carbons (Fsp3) is 0.333. The molecule has 0 unspecified atom stereocenters. The number of guanidine groups is 1. The number of nitrogens with zero attached hydrogens (tertiary/aromatic N) is 3. The summed E-state index contributed by atoms with van der Waals surface area (Å²) in [5, 5.41) is 11.0. The normalized spacial score (nSPS) is 11.2. The van der Waals surface area contributed by atoms with Crippen LogP contribution in [0.15, 0.2) is 59.9 Å². The minimum absolute atomic E-state index is 0.605. The van der Waals surface area contributed by atoms with Crippen LogP contribution in [0.3, 0.4) is 0 Å². The zero-order chi connectivity index (χ0) is 22.8. The largest absolute Gasteiger partial charge is 0.493 e. The zero-order valence-corrected chi connectivity index (χ0v) is 19.1. The molecule has 0 atom stereocenters. The van der Waals surface area contributed by atoms with Gasteiger partial charge in [-0.15, -0.1) is 0 Å². The molecule has 1 heterocycles. The van der Waals surface area contributed by atoms with Gasteiger partial charge >= 0.3 is 0 Å². The van der Waals surface area contributed by atoms with Crippen LogP contribution in [-0.2, 0) is 12.8 Å². The maximum Gasteiger partial charge on any atom is 0.203 e. The topological polar surface area (TPSA) is 81.9 Å². The predicted molar refractivity (Wildman–Crippen MR) is 126 cm³/mol. The van der Waals surface area contributed by atoms with Gasteiger partial charge < -0.3 is 24.8 Å². The van der Waals surface area contributed by atoms with Gasteiger partial charge in [-0.1, -0.05) is 18.2 Å². The molecule has 8 heteroatoms. The van der Waals surface area contributed by atoms with Crippen molar-refractivity contribution in [1.82, 2.24) is 20.4 Å². The van der Waals surface area contributed by atoms with Crippen molar-refractivity contribution in [3.05, 3.63) is 66.0 Å². The Kier molecular flexibility index (Phi) is 8.36. The third-order valence-corrected chi connectivity index (χ3v) is 5.11. The highest BCUT2D eigenvalue weighted by molar-refractivity contribution is 5.79. The van der Waals surface area contributed by atoms with Gasteiger partial charge in [0.2, 0.25) is 5.75 Å². The van der Waals surface area contributed by atoms with E-state index in [2.05, 4.69) is 45.0 Å². The van der Waals surface area contributed by atoms with Gasteiger partial charge in [0.25, 0.3) is 0 Å². The third kappa shape index (κ3) is 5.72. The van der Waals surface area contributed by atoms with Crippen molar-refractivity contribution in [2.45, 2.75) is 12.8 Å². The fourth-order valence-corrected chi connectivity index (χ4v) is 3.46. The second kappa shape index (κ2) is 11.6. The van der Waals surface area contributed by atoms with Crippen molar-refractivity contribution >= 4 is 5.96 Å². The Bertz CT molecular complexity index is 1000. The molecule has 3 aromatic rings. The van der Waals surface area contributed by atoms with Crippen molar-refractivity contribution in [2.75, 3.05) is 41.5 Å². The van der Waals surface area contributed by atoms with Crippen molar-refractivity contribution in [3.8, 4) is 22.9 Å². The Morgan fingerprint density at radius 3 is 2.22 bits per heavy atom. The average Bonchev–Trinajstić information content (AvgIpc) is 3.38. The minimum Gasteiger partial charge on any atom is -0.493 e. The second-order valence-corrected chi connectivity index (χ2v) is 7.04. The van der Waals surface area contributed by atoms with E-state index in [4.69, 9.17) is 14.2 Å². The number of ether oxygens (including phenoxy) is 3. The zero-order valence-electron chi connectivity index (χ0n) is 19.1. The molecule has 0 saturated carbocycles. The van der Waals surface area contributed by atoms with Crippen LogP contribution < -0.4 is 24.8 Å². The molecule has 0 aliphatic rings. The Hall–Kier alpha value is -3.68. The number of hydrogen-bond acceptors (Lipinski definition) is 5. The van der Waals surface area contributed by atoms with Crippen molar-refractivity contribution < 1.29 is 14.2 Å². The third-order valence-electron chi connectivity index (χ3n) is 5.11. The molecular weight excluding hydrogens is 406 g/mol. The van der Waals surface area contributed by atoms with Gasteiger partial charge in [-0.3, -0.25) is 4.99 Å². The molecule has 1 aromatic heterocycles. The molecule has 0 radical (unpaired) electrons. The smallest absolute Gasteiger partial charge is 0.203 e. The molecule has 0 aliphatic heterocycles. The first-order chi connectivity index (χ1) is 15.7. The summed E-state index contributed by atoms with van der Waals surface area (Å²) in [5.41, 5.74) is 3.33. The average molecular weight is 438 g/mol. The molecular formula is C24H31N5O3. The molecule has 2 aromatic carbocycles. The Balaban J connectivity index is 1.47. The van der Waals surface area contributed by atoms with Gasteiger partial charge in [-0.25, -0.2) is 4.68 Å². The maximum atomic E-state index is 5.56. The molecule has 0 fully saturated rings. The fourth-order valence-electron chi connectivity index (χ4n) is 3.46. The molecule has 2 N–H and O–H groups in total. The van der Waals surface area contributed by atoms with Crippen molar-refractivity contribution in [2.24, 2.45) is 4.99 Å². The summed E-state index contributed by atoms with van der Waals surface area (Å²) in [5.74, 6) is 2.71. The molecule has 0 aliphatic carbocycles. The minimum atomic E-state index is 0.605. The van der Waals surface area contributed by atoms with E-state index in [0.717, 1.165) is 36.6 Å². The number of aliphatic imine (C=N–C) groups is 1. The molecule has 0 bridgehead atoms. The van der Waals surface area contributed by atoms with Crippen molar-refractivity contribution in [1.29, 1.82) is 0 Å². The molecule has 0 saturated heterocycles. The lowest BCUT2D eigenvalue weighted by Crippen LogP contribution is -2.39. The van der Waals surface area contributed by atoms with Gasteiger partial charge in [0.15, 0.2) is 17.5 Å². The highest BCUT2D eigenvalue weighted by Gasteiger charge is 2.15. The second-order valence-electron chi connectivity index (χ2n) is 7.04. The number of rotatable bonds is 10. The monoisotopic (exact) mass is 437 g/mol. The van der Waals surface area contributed by atoms with Crippen LogP contribution in [0.4, 0.5) is 0 Å². The summed E-state index contributed by atoms with van der Waals surface area (Å²) in [7, 11) is 6.63. The first kappa shape index (κ1) is 23.0. The first-order valence-electron chi connectivity index (χ1n) is 10.5. The summed E-state index contributed by atoms with van der Waals surface area (Å²) in [6, 6.07) is 14.2. The van der Waals surface area contributed by atoms with Gasteiger partial charge in [0, 0.05) is 38.1 Å². The van der Waals surface area contributed by atoms with Crippen LogP contribution in [-0.4, -0.2) is 57.2 Å². The summed E-state index contributed by atoms with van der Waals surface area (Å²) in [4.78, 5) is 4.31. The SMILES string of the molecule is CN=C(NCCc1ccc(-n2cccn2)cc1)NCCc1ccc(OC)c(OC)c1OC. The summed E-state index contributed by atoms with van der Waals surface area (Å²) in [6.07, 6.45) is 5.35. The number of hydrogen-bond donors (Lipinski definition) is 2.